The lowest BCUT2D eigenvalue weighted by atomic mass is 10.1. The van der Waals surface area contributed by atoms with Gasteiger partial charge in [-0.2, -0.15) is 0 Å². The average molecular weight is 473 g/mol. The highest BCUT2D eigenvalue weighted by Gasteiger charge is 2.33. The summed E-state index contributed by atoms with van der Waals surface area (Å²) in [6.07, 6.45) is 5.03. The molecule has 1 atom stereocenters. The molecule has 2 aliphatic heterocycles. The van der Waals surface area contributed by atoms with Gasteiger partial charge in [-0.05, 0) is 62.2 Å². The van der Waals surface area contributed by atoms with Crippen LogP contribution in [0.3, 0.4) is 0 Å². The molecule has 7 heteroatoms. The van der Waals surface area contributed by atoms with E-state index in [4.69, 9.17) is 14.2 Å². The molecule has 2 aromatic rings. The molecule has 0 radical (unpaired) electrons. The van der Waals surface area contributed by atoms with Gasteiger partial charge in [0.1, 0.15) is 29.5 Å². The van der Waals surface area contributed by atoms with E-state index in [0.717, 1.165) is 24.3 Å². The number of benzene rings is 2. The number of piperidine rings is 1. The second-order valence-electron chi connectivity index (χ2n) is 9.49. The van der Waals surface area contributed by atoms with E-state index < -0.39 is 5.60 Å². The summed E-state index contributed by atoms with van der Waals surface area (Å²) in [6, 6.07) is 14.1. The standard InChI is InChI=1S/C27H37FN2O4/c28-24-8-5-10-26(18-24)34-22-27(31)20-30(14-16-32-21-27)19-23-7-4-9-25(17-23)33-15-6-13-29-11-2-1-3-12-29/h4-5,7-10,17-18,31H,1-3,6,11-16,19-22H2/t27-/m0/s1. The molecule has 0 spiro atoms. The van der Waals surface area contributed by atoms with Crippen LogP contribution in [0, 0.1) is 5.82 Å². The number of β-amino-alcohol motifs (C(OH)–C–C–N with tert-alkyl or cyclic N) is 1. The van der Waals surface area contributed by atoms with Gasteiger partial charge in [-0.15, -0.1) is 0 Å². The van der Waals surface area contributed by atoms with Crippen molar-refractivity contribution in [3.63, 3.8) is 0 Å². The number of hydrogen-bond donors (Lipinski definition) is 1. The maximum absolute atomic E-state index is 13.4. The Hall–Kier alpha value is -2.19. The Kier molecular flexibility index (Phi) is 9.16. The second kappa shape index (κ2) is 12.5. The molecule has 2 aromatic carbocycles. The molecule has 0 bridgehead atoms. The van der Waals surface area contributed by atoms with Crippen LogP contribution in [0.4, 0.5) is 4.39 Å². The number of ether oxygens (including phenoxy) is 3. The van der Waals surface area contributed by atoms with Crippen molar-refractivity contribution in [1.29, 1.82) is 0 Å². The minimum absolute atomic E-state index is 0.0348. The summed E-state index contributed by atoms with van der Waals surface area (Å²) in [4.78, 5) is 4.70. The summed E-state index contributed by atoms with van der Waals surface area (Å²) in [6.45, 7) is 6.80. The van der Waals surface area contributed by atoms with E-state index >= 15 is 0 Å². The van der Waals surface area contributed by atoms with Gasteiger partial charge in [0.2, 0.25) is 0 Å². The highest BCUT2D eigenvalue weighted by molar-refractivity contribution is 5.28. The first-order valence-corrected chi connectivity index (χ1v) is 12.4. The Balaban J connectivity index is 1.26. The lowest BCUT2D eigenvalue weighted by molar-refractivity contribution is -0.0647. The number of nitrogens with zero attached hydrogens (tertiary/aromatic N) is 2. The van der Waals surface area contributed by atoms with Gasteiger partial charge in [-0.1, -0.05) is 24.6 Å². The quantitative estimate of drug-likeness (QED) is 0.532. The third-order valence-corrected chi connectivity index (χ3v) is 6.38. The van der Waals surface area contributed by atoms with E-state index in [0.29, 0.717) is 38.6 Å². The van der Waals surface area contributed by atoms with Crippen molar-refractivity contribution >= 4 is 0 Å². The molecule has 186 valence electrons. The van der Waals surface area contributed by atoms with Gasteiger partial charge in [0, 0.05) is 32.2 Å². The van der Waals surface area contributed by atoms with Crippen LogP contribution in [0.25, 0.3) is 0 Å². The SMILES string of the molecule is O[C@]1(COc2cccc(F)c2)COCCN(Cc2cccc(OCCCN3CCCCC3)c2)C1. The summed E-state index contributed by atoms with van der Waals surface area (Å²) in [5.41, 5.74) is -0.0467. The monoisotopic (exact) mass is 472 g/mol. The Morgan fingerprint density at radius 1 is 0.941 bits per heavy atom. The zero-order valence-electron chi connectivity index (χ0n) is 20.0. The maximum Gasteiger partial charge on any atom is 0.134 e. The molecule has 0 aliphatic carbocycles. The van der Waals surface area contributed by atoms with E-state index in [9.17, 15) is 9.50 Å². The Morgan fingerprint density at radius 2 is 1.74 bits per heavy atom. The normalized spacial score (nSPS) is 22.3. The van der Waals surface area contributed by atoms with Crippen molar-refractivity contribution in [2.75, 3.05) is 59.2 Å². The highest BCUT2D eigenvalue weighted by atomic mass is 19.1. The first-order chi connectivity index (χ1) is 16.6. The zero-order chi connectivity index (χ0) is 23.6. The Morgan fingerprint density at radius 3 is 2.56 bits per heavy atom. The molecule has 0 saturated carbocycles. The van der Waals surface area contributed by atoms with Crippen molar-refractivity contribution < 1.29 is 23.7 Å². The zero-order valence-corrected chi connectivity index (χ0v) is 20.0. The van der Waals surface area contributed by atoms with E-state index in [-0.39, 0.29) is 19.0 Å². The van der Waals surface area contributed by atoms with Gasteiger partial charge in [0.15, 0.2) is 0 Å². The molecular formula is C27H37FN2O4. The van der Waals surface area contributed by atoms with Gasteiger partial charge in [0.25, 0.3) is 0 Å². The van der Waals surface area contributed by atoms with E-state index in [1.165, 1.54) is 44.5 Å². The van der Waals surface area contributed by atoms with Crippen LogP contribution < -0.4 is 9.47 Å². The fraction of sp³-hybridized carbons (Fsp3) is 0.556. The van der Waals surface area contributed by atoms with Crippen molar-refractivity contribution in [1.82, 2.24) is 9.80 Å². The molecule has 1 N–H and O–H groups in total. The molecule has 0 amide bonds. The molecule has 2 heterocycles. The predicted molar refractivity (Wildman–Crippen MR) is 130 cm³/mol. The number of rotatable bonds is 10. The summed E-state index contributed by atoms with van der Waals surface area (Å²) < 4.78 is 30.8. The van der Waals surface area contributed by atoms with Crippen LogP contribution in [0.1, 0.15) is 31.2 Å². The largest absolute Gasteiger partial charge is 0.494 e. The van der Waals surface area contributed by atoms with Crippen LogP contribution in [0.15, 0.2) is 48.5 Å². The summed E-state index contributed by atoms with van der Waals surface area (Å²) in [5, 5.41) is 11.1. The van der Waals surface area contributed by atoms with Gasteiger partial charge < -0.3 is 24.2 Å². The molecule has 0 aromatic heterocycles. The summed E-state index contributed by atoms with van der Waals surface area (Å²) in [7, 11) is 0. The van der Waals surface area contributed by atoms with Crippen LogP contribution in [-0.2, 0) is 11.3 Å². The van der Waals surface area contributed by atoms with Crippen LogP contribution in [-0.4, -0.2) is 79.7 Å². The molecule has 6 nitrogen and oxygen atoms in total. The molecule has 2 saturated heterocycles. The number of halogens is 1. The number of hydrogen-bond acceptors (Lipinski definition) is 6. The molecular weight excluding hydrogens is 435 g/mol. The third-order valence-electron chi connectivity index (χ3n) is 6.38. The van der Waals surface area contributed by atoms with Crippen LogP contribution in [0.5, 0.6) is 11.5 Å². The smallest absolute Gasteiger partial charge is 0.134 e. The maximum atomic E-state index is 13.4. The second-order valence-corrected chi connectivity index (χ2v) is 9.49. The lowest BCUT2D eigenvalue weighted by Gasteiger charge is -2.30. The van der Waals surface area contributed by atoms with Crippen molar-refractivity contribution in [3.05, 3.63) is 59.9 Å². The summed E-state index contributed by atoms with van der Waals surface area (Å²) in [5.74, 6) is 0.915. The first kappa shape index (κ1) is 24.9. The fourth-order valence-corrected chi connectivity index (χ4v) is 4.65. The van der Waals surface area contributed by atoms with Gasteiger partial charge in [0.05, 0.1) is 19.8 Å². The van der Waals surface area contributed by atoms with E-state index in [2.05, 4.69) is 21.9 Å². The molecule has 0 unspecified atom stereocenters. The highest BCUT2D eigenvalue weighted by Crippen LogP contribution is 2.21. The summed E-state index contributed by atoms with van der Waals surface area (Å²) >= 11 is 0. The van der Waals surface area contributed by atoms with Crippen molar-refractivity contribution in [2.24, 2.45) is 0 Å². The van der Waals surface area contributed by atoms with E-state index in [1.807, 2.05) is 12.1 Å². The molecule has 2 aliphatic rings. The van der Waals surface area contributed by atoms with Gasteiger partial charge >= 0.3 is 0 Å². The molecule has 34 heavy (non-hydrogen) atoms. The fourth-order valence-electron chi connectivity index (χ4n) is 4.65. The lowest BCUT2D eigenvalue weighted by Crippen LogP contribution is -2.48. The van der Waals surface area contributed by atoms with Crippen molar-refractivity contribution in [3.8, 4) is 11.5 Å². The minimum atomic E-state index is -1.18. The average Bonchev–Trinajstić information content (AvgIpc) is 3.03. The molecule has 2 fully saturated rings. The Labute approximate surface area is 202 Å². The number of aliphatic hydroxyl groups is 1. The number of likely N-dealkylation sites (tertiary alicyclic amines) is 1. The van der Waals surface area contributed by atoms with Gasteiger partial charge in [-0.3, -0.25) is 4.90 Å². The first-order valence-electron chi connectivity index (χ1n) is 12.4. The molecule has 4 rings (SSSR count). The van der Waals surface area contributed by atoms with E-state index in [1.54, 1.807) is 12.1 Å². The predicted octanol–water partition coefficient (Wildman–Crippen LogP) is 3.72. The van der Waals surface area contributed by atoms with Crippen molar-refractivity contribution in [2.45, 2.75) is 37.8 Å². The topological polar surface area (TPSA) is 54.4 Å². The Bertz CT molecular complexity index is 892. The third kappa shape index (κ3) is 7.94. The van der Waals surface area contributed by atoms with Crippen LogP contribution in [0.2, 0.25) is 0 Å². The van der Waals surface area contributed by atoms with Gasteiger partial charge in [-0.25, -0.2) is 4.39 Å². The van der Waals surface area contributed by atoms with Crippen LogP contribution >= 0.6 is 0 Å². The minimum Gasteiger partial charge on any atom is -0.494 e.